The zero-order valence-corrected chi connectivity index (χ0v) is 31.3. The van der Waals surface area contributed by atoms with E-state index in [2.05, 4.69) is 19.8 Å². The van der Waals surface area contributed by atoms with Crippen molar-refractivity contribution in [2.45, 2.75) is 76.2 Å². The SMILES string of the molecule is Cc1ncn(C(=O)N2CCC3C2CCCN3c2nc(OC[C@@]34CCCN3C[C@H](F)C4)nc3c(F)c(-c4ccc(F)c5sc(N)c(C#N)c45)c(Cl)cc23)c1C. The second kappa shape index (κ2) is 13.0. The molecule has 0 bridgehead atoms. The summed E-state index contributed by atoms with van der Waals surface area (Å²) < 4.78 is 55.1. The molecular weight excluding hydrogens is 739 g/mol. The molecule has 4 aliphatic rings. The summed E-state index contributed by atoms with van der Waals surface area (Å²) in [5.74, 6) is -0.964. The fourth-order valence-electron chi connectivity index (χ4n) is 9.36. The van der Waals surface area contributed by atoms with Crippen LogP contribution in [0.5, 0.6) is 6.01 Å². The minimum atomic E-state index is -0.963. The van der Waals surface area contributed by atoms with Gasteiger partial charge < -0.3 is 20.3 Å². The van der Waals surface area contributed by atoms with E-state index in [-0.39, 0.29) is 73.0 Å². The van der Waals surface area contributed by atoms with Gasteiger partial charge in [-0.15, -0.1) is 11.3 Å². The molecule has 9 rings (SSSR count). The van der Waals surface area contributed by atoms with E-state index in [0.29, 0.717) is 43.7 Å². The molecule has 2 N–H and O–H groups in total. The monoisotopic (exact) mass is 775 g/mol. The number of ether oxygens (including phenoxy) is 1. The first-order valence-electron chi connectivity index (χ1n) is 18.2. The maximum Gasteiger partial charge on any atom is 0.329 e. The highest BCUT2D eigenvalue weighted by molar-refractivity contribution is 7.23. The molecule has 4 atom stereocenters. The normalized spacial score (nSPS) is 24.1. The van der Waals surface area contributed by atoms with Gasteiger partial charge in [0.25, 0.3) is 0 Å². The van der Waals surface area contributed by atoms with Crippen molar-refractivity contribution >= 4 is 60.8 Å². The Hall–Kier alpha value is -4.65. The number of likely N-dealkylation sites (tertiary alicyclic amines) is 1. The first kappa shape index (κ1) is 35.1. The van der Waals surface area contributed by atoms with Gasteiger partial charge in [0.2, 0.25) is 0 Å². The lowest BCUT2D eigenvalue weighted by Crippen LogP contribution is -2.52. The molecule has 0 radical (unpaired) electrons. The van der Waals surface area contributed by atoms with Crippen LogP contribution in [0.25, 0.3) is 32.1 Å². The number of aromatic nitrogens is 4. The summed E-state index contributed by atoms with van der Waals surface area (Å²) in [7, 11) is 0. The molecule has 4 fully saturated rings. The van der Waals surface area contributed by atoms with Crippen LogP contribution in [0.2, 0.25) is 5.02 Å². The van der Waals surface area contributed by atoms with Crippen molar-refractivity contribution in [3.05, 3.63) is 58.1 Å². The minimum absolute atomic E-state index is 0.0169. The van der Waals surface area contributed by atoms with Gasteiger partial charge in [-0.05, 0) is 70.2 Å². The van der Waals surface area contributed by atoms with Crippen LogP contribution in [0, 0.1) is 36.8 Å². The molecule has 4 saturated heterocycles. The number of hydrogen-bond donors (Lipinski definition) is 1. The van der Waals surface area contributed by atoms with Crippen LogP contribution in [0.15, 0.2) is 24.5 Å². The van der Waals surface area contributed by atoms with Crippen molar-refractivity contribution in [3.8, 4) is 23.2 Å². The molecule has 5 aromatic rings. The highest BCUT2D eigenvalue weighted by Gasteiger charge is 2.50. The summed E-state index contributed by atoms with van der Waals surface area (Å²) in [6.45, 7) is 6.09. The molecule has 7 heterocycles. The number of thiophene rings is 1. The van der Waals surface area contributed by atoms with Crippen LogP contribution in [0.3, 0.4) is 0 Å². The topological polar surface area (TPSA) is 129 Å². The predicted octanol–water partition coefficient (Wildman–Crippen LogP) is 7.38. The zero-order chi connectivity index (χ0) is 37.6. The minimum Gasteiger partial charge on any atom is -0.461 e. The average molecular weight is 776 g/mol. The number of halogens is 4. The Morgan fingerprint density at radius 1 is 1.17 bits per heavy atom. The molecule has 1 amide bonds. The fourth-order valence-corrected chi connectivity index (χ4v) is 10.6. The van der Waals surface area contributed by atoms with Gasteiger partial charge in [0.05, 0.1) is 38.6 Å². The van der Waals surface area contributed by atoms with Gasteiger partial charge in [0.15, 0.2) is 5.82 Å². The third-order valence-electron chi connectivity index (χ3n) is 12.1. The van der Waals surface area contributed by atoms with Crippen LogP contribution < -0.4 is 15.4 Å². The quantitative estimate of drug-likeness (QED) is 0.195. The summed E-state index contributed by atoms with van der Waals surface area (Å²) >= 11 is 7.88. The third kappa shape index (κ3) is 5.31. The van der Waals surface area contributed by atoms with Crippen LogP contribution in [-0.2, 0) is 0 Å². The Balaban J connectivity index is 1.17. The molecule has 0 aliphatic carbocycles. The van der Waals surface area contributed by atoms with Crippen molar-refractivity contribution < 1.29 is 22.7 Å². The lowest BCUT2D eigenvalue weighted by atomic mass is 9.95. The molecule has 16 heteroatoms. The summed E-state index contributed by atoms with van der Waals surface area (Å²) in [5, 5.41) is 10.6. The fraction of sp³-hybridized carbons (Fsp3) is 0.447. The number of nitrogens with two attached hydrogens (primary N) is 1. The van der Waals surface area contributed by atoms with Crippen molar-refractivity contribution in [1.82, 2.24) is 29.3 Å². The summed E-state index contributed by atoms with van der Waals surface area (Å²) in [5.41, 5.74) is 7.30. The maximum absolute atomic E-state index is 17.3. The standard InChI is InChI=1S/C38H37ClF3N9O2S/c1-19-20(2)51(18-45-19)37(52)50-12-8-28-27(50)5-3-11-49(28)35-23-13-25(39)30(22-6-7-26(41)33-29(22)24(15-43)34(44)54-33)31(42)32(23)46-36(47-35)53-17-38-9-4-10-48(38)16-21(40)14-38/h6-7,13,18,21,27-28H,3-5,8-12,14,16-17,44H2,1-2H3/t21-,27?,28?,38+/m1/s1. The number of nitrogen functional groups attached to an aromatic ring is 1. The van der Waals surface area contributed by atoms with Gasteiger partial charge in [0, 0.05) is 48.1 Å². The number of nitriles is 1. The smallest absolute Gasteiger partial charge is 0.329 e. The molecule has 0 saturated carbocycles. The summed E-state index contributed by atoms with van der Waals surface area (Å²) in [6, 6.07) is 5.75. The van der Waals surface area contributed by atoms with E-state index >= 15 is 8.78 Å². The van der Waals surface area contributed by atoms with Gasteiger partial charge >= 0.3 is 12.0 Å². The van der Waals surface area contributed by atoms with Gasteiger partial charge in [-0.3, -0.25) is 9.47 Å². The van der Waals surface area contributed by atoms with E-state index in [1.165, 1.54) is 12.1 Å². The first-order chi connectivity index (χ1) is 26.0. The molecule has 2 unspecified atom stereocenters. The molecule has 3 aromatic heterocycles. The summed E-state index contributed by atoms with van der Waals surface area (Å²) in [4.78, 5) is 33.8. The average Bonchev–Trinajstić information content (AvgIpc) is 3.96. The molecule has 2 aromatic carbocycles. The number of rotatable bonds is 5. The number of benzene rings is 2. The van der Waals surface area contributed by atoms with Crippen molar-refractivity contribution in [1.29, 1.82) is 5.26 Å². The third-order valence-corrected chi connectivity index (χ3v) is 13.4. The Kier molecular flexibility index (Phi) is 8.44. The van der Waals surface area contributed by atoms with E-state index in [1.807, 2.05) is 24.8 Å². The number of aryl methyl sites for hydroxylation is 1. The Labute approximate surface area is 318 Å². The number of hydrogen-bond acceptors (Lipinski definition) is 10. The van der Waals surface area contributed by atoms with Crippen LogP contribution >= 0.6 is 22.9 Å². The Morgan fingerprint density at radius 2 is 2.00 bits per heavy atom. The van der Waals surface area contributed by atoms with Crippen LogP contribution in [-0.4, -0.2) is 91.9 Å². The van der Waals surface area contributed by atoms with Gasteiger partial charge in [0.1, 0.15) is 47.3 Å². The van der Waals surface area contributed by atoms with Gasteiger partial charge in [-0.25, -0.2) is 22.9 Å². The van der Waals surface area contributed by atoms with E-state index < -0.39 is 23.3 Å². The largest absolute Gasteiger partial charge is 0.461 e. The number of piperidine rings is 1. The second-order valence-corrected chi connectivity index (χ2v) is 16.4. The Morgan fingerprint density at radius 3 is 2.78 bits per heavy atom. The maximum atomic E-state index is 17.3. The van der Waals surface area contributed by atoms with Crippen LogP contribution in [0.1, 0.15) is 55.5 Å². The van der Waals surface area contributed by atoms with E-state index in [0.717, 1.165) is 55.0 Å². The second-order valence-electron chi connectivity index (χ2n) is 14.9. The first-order valence-corrected chi connectivity index (χ1v) is 19.4. The zero-order valence-electron chi connectivity index (χ0n) is 29.7. The highest BCUT2D eigenvalue weighted by Crippen LogP contribution is 2.47. The Bertz CT molecular complexity index is 2420. The summed E-state index contributed by atoms with van der Waals surface area (Å²) in [6.07, 6.45) is 4.79. The number of fused-ring (bicyclic) bond motifs is 4. The molecule has 11 nitrogen and oxygen atoms in total. The molecule has 54 heavy (non-hydrogen) atoms. The highest BCUT2D eigenvalue weighted by atomic mass is 35.5. The number of alkyl halides is 1. The number of amides is 1. The predicted molar refractivity (Wildman–Crippen MR) is 201 cm³/mol. The van der Waals surface area contributed by atoms with E-state index in [9.17, 15) is 14.4 Å². The van der Waals surface area contributed by atoms with Gasteiger partial charge in [-0.1, -0.05) is 17.7 Å². The lowest BCUT2D eigenvalue weighted by Gasteiger charge is -2.41. The van der Waals surface area contributed by atoms with Crippen molar-refractivity contribution in [3.63, 3.8) is 0 Å². The molecule has 0 spiro atoms. The van der Waals surface area contributed by atoms with E-state index in [1.54, 1.807) is 17.0 Å². The number of carbonyl (C=O) groups excluding carboxylic acids is 1. The number of nitrogens with zero attached hydrogens (tertiary/aromatic N) is 8. The molecule has 4 aliphatic heterocycles. The number of anilines is 2. The number of carbonyl (C=O) groups is 1. The van der Waals surface area contributed by atoms with Crippen molar-refractivity contribution in [2.24, 2.45) is 0 Å². The lowest BCUT2D eigenvalue weighted by molar-refractivity contribution is 0.107. The molecule has 280 valence electrons. The van der Waals surface area contributed by atoms with E-state index in [4.69, 9.17) is 27.1 Å². The van der Waals surface area contributed by atoms with Crippen LogP contribution in [0.4, 0.5) is 28.8 Å². The molecular formula is C38H37ClF3N9O2S. The van der Waals surface area contributed by atoms with Crippen molar-refractivity contribution in [2.75, 3.05) is 43.4 Å². The number of imidazole rings is 1. The van der Waals surface area contributed by atoms with Gasteiger partial charge in [-0.2, -0.15) is 15.2 Å².